The fourth-order valence-electron chi connectivity index (χ4n) is 7.86. The van der Waals surface area contributed by atoms with Crippen LogP contribution in [0.15, 0.2) is 53.3 Å². The Bertz CT molecular complexity index is 1690. The number of nitrogens with one attached hydrogen (secondary N) is 2. The number of nitrogens with zero attached hydrogens (tertiary/aromatic N) is 5. The Morgan fingerprint density at radius 1 is 1.00 bits per heavy atom. The molecular formula is C37H49N7O2. The van der Waals surface area contributed by atoms with E-state index in [4.69, 9.17) is 0 Å². The first kappa shape index (κ1) is 32.0. The number of hydrogen-bond donors (Lipinski definition) is 2. The molecule has 6 rings (SSSR count). The lowest BCUT2D eigenvalue weighted by Gasteiger charge is -2.46. The SMILES string of the molecule is CCCCCc1c(Cc2ccc(-c3ccccc3-c3nnn[nH]3)cc2)c(=O)n2n1CCCC2C1(C(=O)NC(C)(C)C)CCCCC1. The smallest absolute Gasteiger partial charge is 0.270 e. The highest BCUT2D eigenvalue weighted by molar-refractivity contribution is 5.84. The maximum atomic E-state index is 14.6. The minimum atomic E-state index is -0.558. The average molecular weight is 624 g/mol. The summed E-state index contributed by atoms with van der Waals surface area (Å²) >= 11 is 0. The van der Waals surface area contributed by atoms with Gasteiger partial charge in [0.25, 0.3) is 5.56 Å². The lowest BCUT2D eigenvalue weighted by Crippen LogP contribution is -2.55. The highest BCUT2D eigenvalue weighted by Crippen LogP contribution is 2.49. The van der Waals surface area contributed by atoms with Crippen molar-refractivity contribution in [2.24, 2.45) is 5.41 Å². The van der Waals surface area contributed by atoms with Gasteiger partial charge in [-0.3, -0.25) is 14.3 Å². The molecule has 0 spiro atoms. The largest absolute Gasteiger partial charge is 0.351 e. The standard InChI is InChI=1S/C37H49N7O2/c1-5-6-8-16-31-30(25-26-18-20-27(21-19-26)28-14-9-10-15-29(28)33-39-41-42-40-33)34(45)44-32(17-13-24-43(31)44)37(22-11-7-12-23-37)35(46)38-36(2,3)4/h9-10,14-15,18-21,32H,5-8,11-13,16-17,22-25H2,1-4H3,(H,38,46)(H,39,40,41,42). The summed E-state index contributed by atoms with van der Waals surface area (Å²) in [4.78, 5) is 28.8. The molecule has 1 amide bonds. The van der Waals surface area contributed by atoms with E-state index in [1.165, 1.54) is 0 Å². The van der Waals surface area contributed by atoms with Crippen LogP contribution in [0.5, 0.6) is 0 Å². The Kier molecular flexibility index (Phi) is 9.29. The molecule has 9 nitrogen and oxygen atoms in total. The van der Waals surface area contributed by atoms with Gasteiger partial charge in [-0.05, 0) is 86.4 Å². The third kappa shape index (κ3) is 6.33. The third-order valence-corrected chi connectivity index (χ3v) is 10.0. The molecule has 1 aliphatic carbocycles. The fourth-order valence-corrected chi connectivity index (χ4v) is 7.86. The van der Waals surface area contributed by atoms with E-state index in [2.05, 4.69) is 88.6 Å². The Morgan fingerprint density at radius 2 is 1.74 bits per heavy atom. The van der Waals surface area contributed by atoms with Crippen molar-refractivity contribution in [3.63, 3.8) is 0 Å². The van der Waals surface area contributed by atoms with Gasteiger partial charge in [0.1, 0.15) is 0 Å². The summed E-state index contributed by atoms with van der Waals surface area (Å²) in [5.41, 5.74) is 5.43. The molecule has 1 atom stereocenters. The number of unbranched alkanes of at least 4 members (excludes halogenated alkanes) is 2. The van der Waals surface area contributed by atoms with Gasteiger partial charge in [-0.15, -0.1) is 5.10 Å². The first-order valence-electron chi connectivity index (χ1n) is 17.3. The first-order valence-corrected chi connectivity index (χ1v) is 17.3. The summed E-state index contributed by atoms with van der Waals surface area (Å²) in [5.74, 6) is 0.752. The van der Waals surface area contributed by atoms with Gasteiger partial charge >= 0.3 is 0 Å². The van der Waals surface area contributed by atoms with Crippen LogP contribution in [0.3, 0.4) is 0 Å². The van der Waals surface area contributed by atoms with Gasteiger partial charge in [0, 0.05) is 35.3 Å². The molecule has 1 fully saturated rings. The zero-order valence-electron chi connectivity index (χ0n) is 27.9. The molecule has 2 aromatic carbocycles. The summed E-state index contributed by atoms with van der Waals surface area (Å²) < 4.78 is 4.34. The molecule has 46 heavy (non-hydrogen) atoms. The molecule has 0 bridgehead atoms. The van der Waals surface area contributed by atoms with Crippen molar-refractivity contribution in [3.05, 3.63) is 75.7 Å². The summed E-state index contributed by atoms with van der Waals surface area (Å²) in [7, 11) is 0. The van der Waals surface area contributed by atoms with E-state index < -0.39 is 5.41 Å². The molecule has 2 aliphatic rings. The maximum absolute atomic E-state index is 14.6. The minimum Gasteiger partial charge on any atom is -0.351 e. The average Bonchev–Trinajstić information content (AvgIpc) is 3.68. The number of fused-ring (bicyclic) bond motifs is 1. The molecule has 1 saturated carbocycles. The normalized spacial score (nSPS) is 17.9. The van der Waals surface area contributed by atoms with Gasteiger partial charge in [0.2, 0.25) is 5.91 Å². The molecular weight excluding hydrogens is 574 g/mol. The second-order valence-corrected chi connectivity index (χ2v) is 14.4. The lowest BCUT2D eigenvalue weighted by atomic mass is 9.66. The summed E-state index contributed by atoms with van der Waals surface area (Å²) in [5, 5.41) is 17.8. The van der Waals surface area contributed by atoms with E-state index in [1.54, 1.807) is 0 Å². The van der Waals surface area contributed by atoms with Crippen molar-refractivity contribution >= 4 is 5.91 Å². The highest BCUT2D eigenvalue weighted by Gasteiger charge is 2.50. The van der Waals surface area contributed by atoms with Crippen LogP contribution in [0.4, 0.5) is 0 Å². The molecule has 1 unspecified atom stereocenters. The fraction of sp³-hybridized carbons (Fsp3) is 0.541. The molecule has 0 saturated heterocycles. The van der Waals surface area contributed by atoms with Gasteiger partial charge in [-0.25, -0.2) is 9.78 Å². The molecule has 2 aromatic heterocycles. The molecule has 244 valence electrons. The van der Waals surface area contributed by atoms with Crippen molar-refractivity contribution in [2.75, 3.05) is 0 Å². The number of aromatic amines is 1. The van der Waals surface area contributed by atoms with Gasteiger partial charge in [0.05, 0.1) is 11.5 Å². The van der Waals surface area contributed by atoms with Crippen LogP contribution in [0, 0.1) is 5.41 Å². The third-order valence-electron chi connectivity index (χ3n) is 10.0. The number of carbonyl (C=O) groups excluding carboxylic acids is 1. The zero-order chi connectivity index (χ0) is 32.3. The van der Waals surface area contributed by atoms with Crippen molar-refractivity contribution in [2.45, 2.75) is 123 Å². The van der Waals surface area contributed by atoms with Crippen LogP contribution < -0.4 is 10.9 Å². The van der Waals surface area contributed by atoms with Gasteiger partial charge in [-0.2, -0.15) is 0 Å². The van der Waals surface area contributed by atoms with Crippen LogP contribution in [0.25, 0.3) is 22.5 Å². The molecule has 1 aliphatic heterocycles. The van der Waals surface area contributed by atoms with E-state index >= 15 is 0 Å². The summed E-state index contributed by atoms with van der Waals surface area (Å²) in [6, 6.07) is 16.5. The predicted molar refractivity (Wildman–Crippen MR) is 181 cm³/mol. The van der Waals surface area contributed by atoms with Crippen molar-refractivity contribution < 1.29 is 4.79 Å². The van der Waals surface area contributed by atoms with Gasteiger partial charge in [-0.1, -0.05) is 87.6 Å². The maximum Gasteiger partial charge on any atom is 0.270 e. The Hall–Kier alpha value is -4.01. The topological polar surface area (TPSA) is 110 Å². The summed E-state index contributed by atoms with van der Waals surface area (Å²) in [6.45, 7) is 9.21. The Labute approximate surface area is 272 Å². The van der Waals surface area contributed by atoms with Crippen LogP contribution in [0.2, 0.25) is 0 Å². The van der Waals surface area contributed by atoms with Crippen LogP contribution >= 0.6 is 0 Å². The predicted octanol–water partition coefficient (Wildman–Crippen LogP) is 7.02. The quantitative estimate of drug-likeness (QED) is 0.185. The second kappa shape index (κ2) is 13.4. The molecule has 3 heterocycles. The lowest BCUT2D eigenvalue weighted by molar-refractivity contribution is -0.139. The number of amides is 1. The molecule has 4 aromatic rings. The Morgan fingerprint density at radius 3 is 2.41 bits per heavy atom. The summed E-state index contributed by atoms with van der Waals surface area (Å²) in [6.07, 6.45) is 11.5. The molecule has 0 radical (unpaired) electrons. The van der Waals surface area contributed by atoms with Gasteiger partial charge < -0.3 is 5.32 Å². The van der Waals surface area contributed by atoms with Crippen LogP contribution in [-0.2, 0) is 24.2 Å². The van der Waals surface area contributed by atoms with E-state index in [0.29, 0.717) is 12.2 Å². The number of rotatable bonds is 10. The van der Waals surface area contributed by atoms with Crippen molar-refractivity contribution in [1.29, 1.82) is 0 Å². The van der Waals surface area contributed by atoms with Crippen LogP contribution in [-0.4, -0.2) is 41.4 Å². The first-order chi connectivity index (χ1) is 22.2. The number of H-pyrrole nitrogens is 1. The number of hydrogen-bond acceptors (Lipinski definition) is 5. The van der Waals surface area contributed by atoms with E-state index in [9.17, 15) is 9.59 Å². The van der Waals surface area contributed by atoms with E-state index in [-0.39, 0.29) is 23.0 Å². The number of tetrazole rings is 1. The molecule has 2 N–H and O–H groups in total. The minimum absolute atomic E-state index is 0.0944. The van der Waals surface area contributed by atoms with Gasteiger partial charge in [0.15, 0.2) is 5.82 Å². The highest BCUT2D eigenvalue weighted by atomic mass is 16.2. The zero-order valence-corrected chi connectivity index (χ0v) is 27.9. The van der Waals surface area contributed by atoms with E-state index in [1.807, 2.05) is 22.9 Å². The number of benzene rings is 2. The van der Waals surface area contributed by atoms with Crippen molar-refractivity contribution in [3.8, 4) is 22.5 Å². The monoisotopic (exact) mass is 623 g/mol. The Balaban J connectivity index is 1.37. The van der Waals surface area contributed by atoms with Crippen LogP contribution in [0.1, 0.15) is 115 Å². The number of carbonyl (C=O) groups is 1. The molecule has 9 heteroatoms. The van der Waals surface area contributed by atoms with Crippen molar-refractivity contribution in [1.82, 2.24) is 35.3 Å². The second-order valence-electron chi connectivity index (χ2n) is 14.4. The van der Waals surface area contributed by atoms with E-state index in [0.717, 1.165) is 111 Å². The number of aromatic nitrogens is 6.